The Morgan fingerprint density at radius 2 is 2.09 bits per heavy atom. The van der Waals surface area contributed by atoms with Crippen LogP contribution in [0.15, 0.2) is 12.3 Å². The molecule has 0 aliphatic carbocycles. The van der Waals surface area contributed by atoms with Crippen molar-refractivity contribution in [1.82, 2.24) is 9.78 Å². The molecule has 1 rings (SSSR count). The van der Waals surface area contributed by atoms with Crippen LogP contribution in [0.4, 0.5) is 0 Å². The lowest BCUT2D eigenvalue weighted by atomic mass is 10.0. The standard InChI is InChI=1S/C9H16N2/c1-4-8(5-2)9-6-7-11(3)10-9/h6-8H,4-5H2,1-3H3. The molecule has 11 heavy (non-hydrogen) atoms. The van der Waals surface area contributed by atoms with Gasteiger partial charge in [-0.2, -0.15) is 5.10 Å². The lowest BCUT2D eigenvalue weighted by Gasteiger charge is -2.07. The van der Waals surface area contributed by atoms with Gasteiger partial charge >= 0.3 is 0 Å². The zero-order chi connectivity index (χ0) is 8.27. The summed E-state index contributed by atoms with van der Waals surface area (Å²) in [6.07, 6.45) is 4.38. The molecule has 0 aromatic carbocycles. The fourth-order valence-corrected chi connectivity index (χ4v) is 1.36. The lowest BCUT2D eigenvalue weighted by Crippen LogP contribution is -1.97. The van der Waals surface area contributed by atoms with Crippen molar-refractivity contribution in [3.8, 4) is 0 Å². The van der Waals surface area contributed by atoms with Gasteiger partial charge in [-0.15, -0.1) is 0 Å². The molecule has 0 unspecified atom stereocenters. The van der Waals surface area contributed by atoms with E-state index in [0.717, 1.165) is 0 Å². The van der Waals surface area contributed by atoms with Crippen molar-refractivity contribution in [2.75, 3.05) is 0 Å². The van der Waals surface area contributed by atoms with E-state index in [1.807, 2.05) is 17.9 Å². The predicted octanol–water partition coefficient (Wildman–Crippen LogP) is 2.32. The Labute approximate surface area is 68.2 Å². The third kappa shape index (κ3) is 1.82. The highest BCUT2D eigenvalue weighted by Gasteiger charge is 2.08. The molecular formula is C9H16N2. The van der Waals surface area contributed by atoms with Gasteiger partial charge in [-0.05, 0) is 18.9 Å². The zero-order valence-electron chi connectivity index (χ0n) is 7.54. The Morgan fingerprint density at radius 1 is 1.45 bits per heavy atom. The van der Waals surface area contributed by atoms with Gasteiger partial charge in [0.15, 0.2) is 0 Å². The topological polar surface area (TPSA) is 17.8 Å². The molecule has 0 saturated heterocycles. The molecule has 0 spiro atoms. The maximum Gasteiger partial charge on any atom is 0.0655 e. The summed E-state index contributed by atoms with van der Waals surface area (Å²) in [7, 11) is 1.96. The monoisotopic (exact) mass is 152 g/mol. The van der Waals surface area contributed by atoms with Crippen molar-refractivity contribution >= 4 is 0 Å². The minimum absolute atomic E-state index is 0.649. The molecule has 0 saturated carbocycles. The largest absolute Gasteiger partial charge is 0.276 e. The van der Waals surface area contributed by atoms with Crippen LogP contribution in [0.5, 0.6) is 0 Å². The normalized spacial score (nSPS) is 10.9. The van der Waals surface area contributed by atoms with Crippen molar-refractivity contribution in [3.63, 3.8) is 0 Å². The number of hydrogen-bond acceptors (Lipinski definition) is 1. The van der Waals surface area contributed by atoms with Crippen LogP contribution in [-0.4, -0.2) is 9.78 Å². The summed E-state index contributed by atoms with van der Waals surface area (Å²) in [6.45, 7) is 4.42. The second-order valence-corrected chi connectivity index (χ2v) is 2.93. The van der Waals surface area contributed by atoms with Crippen LogP contribution >= 0.6 is 0 Å². The molecule has 0 amide bonds. The zero-order valence-corrected chi connectivity index (χ0v) is 7.54. The third-order valence-electron chi connectivity index (χ3n) is 2.14. The summed E-state index contributed by atoms with van der Waals surface area (Å²) in [5, 5.41) is 4.37. The van der Waals surface area contributed by atoms with E-state index in [2.05, 4.69) is 25.0 Å². The Balaban J connectivity index is 2.73. The Hall–Kier alpha value is -0.790. The smallest absolute Gasteiger partial charge is 0.0655 e. The Morgan fingerprint density at radius 3 is 2.45 bits per heavy atom. The first kappa shape index (κ1) is 8.31. The summed E-state index contributed by atoms with van der Waals surface area (Å²) < 4.78 is 1.87. The van der Waals surface area contributed by atoms with Crippen LogP contribution in [0, 0.1) is 0 Å². The molecule has 0 radical (unpaired) electrons. The van der Waals surface area contributed by atoms with Gasteiger partial charge in [0, 0.05) is 19.2 Å². The van der Waals surface area contributed by atoms with Gasteiger partial charge < -0.3 is 0 Å². The Kier molecular flexibility index (Phi) is 2.69. The molecule has 1 aromatic rings. The van der Waals surface area contributed by atoms with Crippen LogP contribution in [0.3, 0.4) is 0 Å². The van der Waals surface area contributed by atoms with E-state index in [1.54, 1.807) is 0 Å². The molecule has 0 aliphatic rings. The van der Waals surface area contributed by atoms with Crippen LogP contribution < -0.4 is 0 Å². The molecule has 0 aliphatic heterocycles. The second kappa shape index (κ2) is 3.56. The van der Waals surface area contributed by atoms with E-state index >= 15 is 0 Å². The summed E-state index contributed by atoms with van der Waals surface area (Å²) >= 11 is 0. The number of hydrogen-bond donors (Lipinski definition) is 0. The molecule has 1 heterocycles. The first-order chi connectivity index (χ1) is 5.27. The molecular weight excluding hydrogens is 136 g/mol. The van der Waals surface area contributed by atoms with E-state index in [1.165, 1.54) is 18.5 Å². The van der Waals surface area contributed by atoms with Crippen LogP contribution in [0.2, 0.25) is 0 Å². The highest BCUT2D eigenvalue weighted by Crippen LogP contribution is 2.19. The van der Waals surface area contributed by atoms with Crippen molar-refractivity contribution in [1.29, 1.82) is 0 Å². The third-order valence-corrected chi connectivity index (χ3v) is 2.14. The lowest BCUT2D eigenvalue weighted by molar-refractivity contribution is 0.604. The fourth-order valence-electron chi connectivity index (χ4n) is 1.36. The second-order valence-electron chi connectivity index (χ2n) is 2.93. The van der Waals surface area contributed by atoms with E-state index in [0.29, 0.717) is 5.92 Å². The van der Waals surface area contributed by atoms with Gasteiger partial charge in [0.2, 0.25) is 0 Å². The predicted molar refractivity (Wildman–Crippen MR) is 46.5 cm³/mol. The maximum absolute atomic E-state index is 4.37. The van der Waals surface area contributed by atoms with Gasteiger partial charge in [-0.1, -0.05) is 13.8 Å². The van der Waals surface area contributed by atoms with Crippen molar-refractivity contribution in [3.05, 3.63) is 18.0 Å². The minimum atomic E-state index is 0.649. The molecule has 0 fully saturated rings. The van der Waals surface area contributed by atoms with Gasteiger partial charge in [0.05, 0.1) is 5.69 Å². The number of aromatic nitrogens is 2. The SMILES string of the molecule is CCC(CC)c1ccn(C)n1. The number of aryl methyl sites for hydroxylation is 1. The molecule has 0 bridgehead atoms. The van der Waals surface area contributed by atoms with Gasteiger partial charge in [0.1, 0.15) is 0 Å². The summed E-state index contributed by atoms with van der Waals surface area (Å²) in [5.41, 5.74) is 1.23. The summed E-state index contributed by atoms with van der Waals surface area (Å²) in [5.74, 6) is 0.649. The van der Waals surface area contributed by atoms with Crippen molar-refractivity contribution in [2.24, 2.45) is 7.05 Å². The number of nitrogens with zero attached hydrogens (tertiary/aromatic N) is 2. The van der Waals surface area contributed by atoms with Gasteiger partial charge in [0.25, 0.3) is 0 Å². The van der Waals surface area contributed by atoms with E-state index in [4.69, 9.17) is 0 Å². The highest BCUT2D eigenvalue weighted by molar-refractivity contribution is 5.05. The average Bonchev–Trinajstić information content (AvgIpc) is 2.39. The number of rotatable bonds is 3. The molecule has 0 atom stereocenters. The van der Waals surface area contributed by atoms with Crippen molar-refractivity contribution in [2.45, 2.75) is 32.6 Å². The summed E-state index contributed by atoms with van der Waals surface area (Å²) in [4.78, 5) is 0. The Bertz CT molecular complexity index is 211. The van der Waals surface area contributed by atoms with Crippen LogP contribution in [0.1, 0.15) is 38.3 Å². The maximum atomic E-state index is 4.37. The quantitative estimate of drug-likeness (QED) is 0.650. The van der Waals surface area contributed by atoms with E-state index < -0.39 is 0 Å². The van der Waals surface area contributed by atoms with Gasteiger partial charge in [-0.3, -0.25) is 4.68 Å². The first-order valence-electron chi connectivity index (χ1n) is 4.27. The minimum Gasteiger partial charge on any atom is -0.276 e. The van der Waals surface area contributed by atoms with Gasteiger partial charge in [-0.25, -0.2) is 0 Å². The molecule has 0 N–H and O–H groups in total. The van der Waals surface area contributed by atoms with Crippen molar-refractivity contribution < 1.29 is 0 Å². The van der Waals surface area contributed by atoms with Crippen LogP contribution in [0.25, 0.3) is 0 Å². The summed E-state index contributed by atoms with van der Waals surface area (Å²) in [6, 6.07) is 2.11. The van der Waals surface area contributed by atoms with E-state index in [-0.39, 0.29) is 0 Å². The molecule has 1 aromatic heterocycles. The average molecular weight is 152 g/mol. The molecule has 2 nitrogen and oxygen atoms in total. The van der Waals surface area contributed by atoms with Crippen LogP contribution in [-0.2, 0) is 7.05 Å². The highest BCUT2D eigenvalue weighted by atomic mass is 15.2. The molecule has 2 heteroatoms. The fraction of sp³-hybridized carbons (Fsp3) is 0.667. The van der Waals surface area contributed by atoms with E-state index in [9.17, 15) is 0 Å². The molecule has 62 valence electrons. The first-order valence-corrected chi connectivity index (χ1v) is 4.27.